The third-order valence-corrected chi connectivity index (χ3v) is 4.62. The average molecular weight is 296 g/mol. The second-order valence-corrected chi connectivity index (χ2v) is 7.46. The number of nitrogens with two attached hydrogens (primary N) is 1. The minimum absolute atomic E-state index is 0.155. The number of carbonyl (C=O) groups is 1. The van der Waals surface area contributed by atoms with Crippen LogP contribution in [0.15, 0.2) is 6.07 Å². The van der Waals surface area contributed by atoms with Gasteiger partial charge in [0.1, 0.15) is 5.60 Å². The van der Waals surface area contributed by atoms with E-state index in [0.29, 0.717) is 6.54 Å². The molecule has 1 aliphatic carbocycles. The van der Waals surface area contributed by atoms with Crippen molar-refractivity contribution in [2.24, 2.45) is 5.73 Å². The summed E-state index contributed by atoms with van der Waals surface area (Å²) >= 11 is 1.79. The summed E-state index contributed by atoms with van der Waals surface area (Å²) in [4.78, 5) is 14.2. The van der Waals surface area contributed by atoms with Crippen LogP contribution >= 0.6 is 11.3 Å². The van der Waals surface area contributed by atoms with Crippen molar-refractivity contribution in [3.05, 3.63) is 21.4 Å². The van der Waals surface area contributed by atoms with Crippen molar-refractivity contribution in [3.63, 3.8) is 0 Å². The Morgan fingerprint density at radius 3 is 2.80 bits per heavy atom. The first-order valence-corrected chi connectivity index (χ1v) is 8.01. The van der Waals surface area contributed by atoms with E-state index in [-0.39, 0.29) is 6.04 Å². The molecule has 1 heterocycles. The lowest BCUT2D eigenvalue weighted by Gasteiger charge is -2.20. The Kier molecular flexibility index (Phi) is 4.70. The predicted molar refractivity (Wildman–Crippen MR) is 82.1 cm³/mol. The molecule has 1 aliphatic rings. The van der Waals surface area contributed by atoms with Gasteiger partial charge in [-0.05, 0) is 58.1 Å². The SMILES string of the molecule is CC(C)(C)OC(=O)NCC(N)c1cc2c(s1)CCCC2. The molecule has 1 aromatic rings. The average Bonchev–Trinajstić information content (AvgIpc) is 2.77. The molecule has 112 valence electrons. The number of carbonyl (C=O) groups excluding carboxylic acids is 1. The zero-order chi connectivity index (χ0) is 14.8. The summed E-state index contributed by atoms with van der Waals surface area (Å²) in [5.74, 6) is 0. The van der Waals surface area contributed by atoms with Gasteiger partial charge in [-0.3, -0.25) is 0 Å². The van der Waals surface area contributed by atoms with Crippen molar-refractivity contribution < 1.29 is 9.53 Å². The molecule has 1 amide bonds. The third-order valence-electron chi connectivity index (χ3n) is 3.25. The molecular formula is C15H24N2O2S. The maximum absolute atomic E-state index is 11.6. The molecular weight excluding hydrogens is 272 g/mol. The third kappa shape index (κ3) is 4.21. The van der Waals surface area contributed by atoms with E-state index in [1.807, 2.05) is 20.8 Å². The van der Waals surface area contributed by atoms with Gasteiger partial charge in [0.2, 0.25) is 0 Å². The zero-order valence-corrected chi connectivity index (χ0v) is 13.3. The Hall–Kier alpha value is -1.07. The number of hydrogen-bond donors (Lipinski definition) is 2. The first-order chi connectivity index (χ1) is 9.35. The Morgan fingerprint density at radius 1 is 1.45 bits per heavy atom. The summed E-state index contributed by atoms with van der Waals surface area (Å²) in [6.07, 6.45) is 4.48. The van der Waals surface area contributed by atoms with Gasteiger partial charge >= 0.3 is 6.09 Å². The number of amides is 1. The van der Waals surface area contributed by atoms with E-state index in [1.165, 1.54) is 29.7 Å². The molecule has 0 aliphatic heterocycles. The number of nitrogens with one attached hydrogen (secondary N) is 1. The van der Waals surface area contributed by atoms with Gasteiger partial charge in [0.05, 0.1) is 6.04 Å². The summed E-state index contributed by atoms with van der Waals surface area (Å²) in [6, 6.07) is 2.05. The topological polar surface area (TPSA) is 64.3 Å². The Morgan fingerprint density at radius 2 is 2.15 bits per heavy atom. The van der Waals surface area contributed by atoms with Crippen LogP contribution in [0.1, 0.15) is 55.0 Å². The van der Waals surface area contributed by atoms with Gasteiger partial charge < -0.3 is 15.8 Å². The van der Waals surface area contributed by atoms with Gasteiger partial charge in [0, 0.05) is 16.3 Å². The Labute approximate surface area is 124 Å². The van der Waals surface area contributed by atoms with Crippen LogP contribution in [0.5, 0.6) is 0 Å². The summed E-state index contributed by atoms with van der Waals surface area (Å²) in [5.41, 5.74) is 7.13. The van der Waals surface area contributed by atoms with Crippen LogP contribution in [0.4, 0.5) is 4.79 Å². The number of rotatable bonds is 3. The maximum atomic E-state index is 11.6. The van der Waals surface area contributed by atoms with Crippen LogP contribution < -0.4 is 11.1 Å². The lowest BCUT2D eigenvalue weighted by molar-refractivity contribution is 0.0524. The standard InChI is InChI=1S/C15H24N2O2S/c1-15(2,3)19-14(18)17-9-11(16)13-8-10-6-4-5-7-12(10)20-13/h8,11H,4-7,9,16H2,1-3H3,(H,17,18). The summed E-state index contributed by atoms with van der Waals surface area (Å²) in [5, 5.41) is 2.74. The van der Waals surface area contributed by atoms with E-state index in [0.717, 1.165) is 11.3 Å². The first kappa shape index (κ1) is 15.3. The lowest BCUT2D eigenvalue weighted by atomic mass is 9.99. The molecule has 5 heteroatoms. The van der Waals surface area contributed by atoms with E-state index >= 15 is 0 Å². The normalized spacial score (nSPS) is 16.4. The molecule has 0 radical (unpaired) electrons. The monoisotopic (exact) mass is 296 g/mol. The van der Waals surface area contributed by atoms with Crippen LogP contribution in [0.3, 0.4) is 0 Å². The number of hydrogen-bond acceptors (Lipinski definition) is 4. The van der Waals surface area contributed by atoms with Gasteiger partial charge in [-0.1, -0.05) is 0 Å². The molecule has 2 rings (SSSR count). The van der Waals surface area contributed by atoms with Gasteiger partial charge in [-0.25, -0.2) is 4.79 Å². The van der Waals surface area contributed by atoms with Crippen molar-refractivity contribution >= 4 is 17.4 Å². The van der Waals surface area contributed by atoms with Crippen molar-refractivity contribution in [1.82, 2.24) is 5.32 Å². The van der Waals surface area contributed by atoms with Gasteiger partial charge in [0.15, 0.2) is 0 Å². The highest BCUT2D eigenvalue weighted by atomic mass is 32.1. The Bertz CT molecular complexity index is 453. The molecule has 0 bridgehead atoms. The van der Waals surface area contributed by atoms with Crippen molar-refractivity contribution in [2.45, 2.75) is 58.1 Å². The van der Waals surface area contributed by atoms with Gasteiger partial charge in [-0.15, -0.1) is 11.3 Å². The second kappa shape index (κ2) is 6.14. The number of fused-ring (bicyclic) bond motifs is 1. The van der Waals surface area contributed by atoms with E-state index < -0.39 is 11.7 Å². The zero-order valence-electron chi connectivity index (χ0n) is 12.5. The highest BCUT2D eigenvalue weighted by molar-refractivity contribution is 7.12. The van der Waals surface area contributed by atoms with Crippen LogP contribution in [-0.4, -0.2) is 18.2 Å². The molecule has 0 spiro atoms. The molecule has 1 aromatic heterocycles. The summed E-state index contributed by atoms with van der Waals surface area (Å²) in [7, 11) is 0. The van der Waals surface area contributed by atoms with Crippen molar-refractivity contribution in [3.8, 4) is 0 Å². The molecule has 20 heavy (non-hydrogen) atoms. The first-order valence-electron chi connectivity index (χ1n) is 7.19. The maximum Gasteiger partial charge on any atom is 0.407 e. The highest BCUT2D eigenvalue weighted by Crippen LogP contribution is 2.32. The van der Waals surface area contributed by atoms with E-state index in [1.54, 1.807) is 11.3 Å². The molecule has 0 saturated heterocycles. The fourth-order valence-corrected chi connectivity index (χ4v) is 3.56. The van der Waals surface area contributed by atoms with Crippen LogP contribution in [0.2, 0.25) is 0 Å². The molecule has 0 saturated carbocycles. The number of aryl methyl sites for hydroxylation is 2. The molecule has 4 nitrogen and oxygen atoms in total. The number of alkyl carbamates (subject to hydrolysis) is 1. The van der Waals surface area contributed by atoms with Gasteiger partial charge in [-0.2, -0.15) is 0 Å². The minimum Gasteiger partial charge on any atom is -0.444 e. The number of thiophene rings is 1. The molecule has 0 aromatic carbocycles. The predicted octanol–water partition coefficient (Wildman–Crippen LogP) is 3.15. The van der Waals surface area contributed by atoms with Gasteiger partial charge in [0.25, 0.3) is 0 Å². The van der Waals surface area contributed by atoms with E-state index in [2.05, 4.69) is 11.4 Å². The van der Waals surface area contributed by atoms with Crippen LogP contribution in [0.25, 0.3) is 0 Å². The fourth-order valence-electron chi connectivity index (χ4n) is 2.30. The quantitative estimate of drug-likeness (QED) is 0.900. The van der Waals surface area contributed by atoms with E-state index in [9.17, 15) is 4.79 Å². The van der Waals surface area contributed by atoms with Crippen molar-refractivity contribution in [2.75, 3.05) is 6.54 Å². The fraction of sp³-hybridized carbons (Fsp3) is 0.667. The lowest BCUT2D eigenvalue weighted by Crippen LogP contribution is -2.36. The number of ether oxygens (including phenoxy) is 1. The van der Waals surface area contributed by atoms with Crippen LogP contribution in [0, 0.1) is 0 Å². The van der Waals surface area contributed by atoms with Crippen molar-refractivity contribution in [1.29, 1.82) is 0 Å². The molecule has 1 unspecified atom stereocenters. The summed E-state index contributed by atoms with van der Waals surface area (Å²) < 4.78 is 5.20. The van der Waals surface area contributed by atoms with E-state index in [4.69, 9.17) is 10.5 Å². The summed E-state index contributed by atoms with van der Waals surface area (Å²) in [6.45, 7) is 5.95. The molecule has 1 atom stereocenters. The molecule has 3 N–H and O–H groups in total. The minimum atomic E-state index is -0.476. The smallest absolute Gasteiger partial charge is 0.407 e. The Balaban J connectivity index is 1.87. The van der Waals surface area contributed by atoms with Crippen LogP contribution in [-0.2, 0) is 17.6 Å². The highest BCUT2D eigenvalue weighted by Gasteiger charge is 2.19. The second-order valence-electron chi connectivity index (χ2n) is 6.29. The largest absolute Gasteiger partial charge is 0.444 e. The molecule has 0 fully saturated rings.